The van der Waals surface area contributed by atoms with E-state index in [1.165, 1.54) is 0 Å². The summed E-state index contributed by atoms with van der Waals surface area (Å²) in [4.78, 5) is 30.8. The van der Waals surface area contributed by atoms with Crippen LogP contribution in [0.25, 0.3) is 10.6 Å². The zero-order valence-corrected chi connectivity index (χ0v) is 58.6. The third-order valence-corrected chi connectivity index (χ3v) is 15.5. The van der Waals surface area contributed by atoms with E-state index in [4.69, 9.17) is 9.97 Å². The van der Waals surface area contributed by atoms with Gasteiger partial charge in [0.15, 0.2) is 0 Å². The molecule has 0 bridgehead atoms. The molecule has 12 aromatic carbocycles. The Hall–Kier alpha value is -11.9. The first-order valence-electron chi connectivity index (χ1n) is 32.0. The number of aliphatic imine (C=N–C) groups is 2. The number of benzene rings is 12. The average molecular weight is 1660 g/mol. The molecule has 14 heteroatoms. The third-order valence-electron chi connectivity index (χ3n) is 15.5. The van der Waals surface area contributed by atoms with Crippen LogP contribution in [0.4, 0.5) is 103 Å². The molecule has 0 radical (unpaired) electrons. The van der Waals surface area contributed by atoms with Gasteiger partial charge in [-0.15, -0.1) is 49.0 Å². The van der Waals surface area contributed by atoms with Gasteiger partial charge in [-0.25, -0.2) is 9.97 Å². The molecule has 0 spiro atoms. The molecule has 12 nitrogen and oxygen atoms in total. The third kappa shape index (κ3) is 18.0. The fourth-order valence-electron chi connectivity index (χ4n) is 11.0. The van der Waals surface area contributed by atoms with E-state index in [-0.39, 0.29) is 42.1 Å². The number of pyridine rings is 2. The smallest absolute Gasteiger partial charge is 0.124 e. The summed E-state index contributed by atoms with van der Waals surface area (Å²) in [5, 5.41) is 8.42. The minimum Gasteiger partial charge on any atom is -0.478 e. The van der Waals surface area contributed by atoms with Crippen LogP contribution in [0.2, 0.25) is 0 Å². The van der Waals surface area contributed by atoms with Crippen LogP contribution in [0.5, 0.6) is 0 Å². The van der Waals surface area contributed by atoms with Gasteiger partial charge >= 0.3 is 0 Å². The van der Waals surface area contributed by atoms with Gasteiger partial charge in [0, 0.05) is 88.6 Å². The number of anilines is 14. The van der Waals surface area contributed by atoms with E-state index in [0.717, 1.165) is 103 Å². The maximum absolute atomic E-state index is 4.70. The zero-order chi connectivity index (χ0) is 66.2. The van der Waals surface area contributed by atoms with Crippen molar-refractivity contribution in [3.8, 4) is 0 Å². The van der Waals surface area contributed by atoms with Crippen LogP contribution in [0.3, 0.4) is 0 Å². The van der Waals surface area contributed by atoms with Crippen molar-refractivity contribution in [2.24, 2.45) is 9.98 Å². The van der Waals surface area contributed by atoms with Gasteiger partial charge < -0.3 is 50.0 Å². The topological polar surface area (TPSA) is 98.1 Å². The van der Waals surface area contributed by atoms with Gasteiger partial charge in [0.1, 0.15) is 11.6 Å². The molecule has 0 saturated carbocycles. The fourth-order valence-corrected chi connectivity index (χ4v) is 11.0. The van der Waals surface area contributed by atoms with Crippen LogP contribution in [-0.2, 0) is 42.1 Å². The second-order valence-corrected chi connectivity index (χ2v) is 22.0. The van der Waals surface area contributed by atoms with Crippen LogP contribution < -0.4 is 29.4 Å². The monoisotopic (exact) mass is 1660 g/mol. The molecule has 496 valence electrons. The Bertz CT molecular complexity index is 4390. The van der Waals surface area contributed by atoms with Crippen molar-refractivity contribution in [3.63, 3.8) is 0 Å². The van der Waals surface area contributed by atoms with Crippen LogP contribution in [0, 0.1) is 25.5 Å². The number of hydrogen-bond donors (Lipinski definition) is 0. The van der Waals surface area contributed by atoms with Crippen molar-refractivity contribution in [3.05, 3.63) is 412 Å². The Morgan fingerprint density at radius 1 is 0.310 bits per heavy atom. The standard InChI is InChI=1S/2C30H22N4.2C13H11N2.2Pt/c2*1-4-12-24(13-5-1)32-23-33(30-29(32)20-11-21-31-30)27-18-10-19-28(22-27)34(25-14-6-2-7-15-25)26-16-8-3-9-17-26;2*1-3-7-12(8-4-1)14-11-15-13-9-5-2-6-10-13;;/h2*1-17,19-23H;2*1-11H;;/q2*-2;2*-1;;. The summed E-state index contributed by atoms with van der Waals surface area (Å²) in [5.74, 6) is 1.76. The van der Waals surface area contributed by atoms with Crippen molar-refractivity contribution in [2.45, 2.75) is 0 Å². The Labute approximate surface area is 614 Å². The van der Waals surface area contributed by atoms with Crippen molar-refractivity contribution in [1.82, 2.24) is 9.97 Å². The molecule has 0 amide bonds. The molecule has 4 heterocycles. The predicted molar refractivity (Wildman–Crippen MR) is 407 cm³/mol. The molecule has 2 aliphatic heterocycles. The Kier molecular flexibility index (Phi) is 24.9. The molecule has 0 fully saturated rings. The van der Waals surface area contributed by atoms with Gasteiger partial charge in [-0.2, -0.15) is 24.3 Å². The van der Waals surface area contributed by atoms with Crippen molar-refractivity contribution in [1.29, 1.82) is 0 Å². The minimum absolute atomic E-state index is 0. The number of nitrogens with zero attached hydrogens (tertiary/aromatic N) is 12. The first-order valence-corrected chi connectivity index (χ1v) is 32.0. The van der Waals surface area contributed by atoms with Gasteiger partial charge in [-0.1, -0.05) is 255 Å². The Balaban J connectivity index is 0.000000143. The summed E-state index contributed by atoms with van der Waals surface area (Å²) in [6.45, 7) is 4.16. The van der Waals surface area contributed by atoms with Crippen LogP contribution in [0.1, 0.15) is 0 Å². The molecule has 14 aromatic rings. The number of fused-ring (bicyclic) bond motifs is 2. The van der Waals surface area contributed by atoms with E-state index in [1.54, 1.807) is 12.7 Å². The molecule has 2 aromatic heterocycles. The summed E-state index contributed by atoms with van der Waals surface area (Å²) in [7, 11) is 0. The first kappa shape index (κ1) is 69.4. The summed E-state index contributed by atoms with van der Waals surface area (Å²) in [5.41, 5.74) is 16.2. The molecule has 0 aliphatic carbocycles. The van der Waals surface area contributed by atoms with E-state index in [2.05, 4.69) is 233 Å². The minimum atomic E-state index is 0. The first-order chi connectivity index (χ1) is 48.7. The van der Waals surface area contributed by atoms with Crippen molar-refractivity contribution < 1.29 is 42.1 Å². The predicted octanol–water partition coefficient (Wildman–Crippen LogP) is 23.6. The molecular formula is C86H66N12Pt2-6. The summed E-state index contributed by atoms with van der Waals surface area (Å²) in [6.07, 6.45) is 6.81. The number of rotatable bonds is 16. The quantitative estimate of drug-likeness (QED) is 0.0536. The van der Waals surface area contributed by atoms with Crippen LogP contribution in [-0.4, -0.2) is 22.6 Å². The molecule has 0 N–H and O–H groups in total. The Morgan fingerprint density at radius 3 is 0.920 bits per heavy atom. The maximum Gasteiger partial charge on any atom is 0.124 e. The Morgan fingerprint density at radius 2 is 0.600 bits per heavy atom. The molecule has 100 heavy (non-hydrogen) atoms. The van der Waals surface area contributed by atoms with Gasteiger partial charge in [0.05, 0.1) is 11.4 Å². The second kappa shape index (κ2) is 35.9. The van der Waals surface area contributed by atoms with E-state index in [9.17, 15) is 0 Å². The molecule has 0 saturated heterocycles. The number of para-hydroxylation sites is 10. The fraction of sp³-hybridized carbons (Fsp3) is 0. The van der Waals surface area contributed by atoms with Gasteiger partial charge in [0.2, 0.25) is 0 Å². The van der Waals surface area contributed by atoms with Crippen LogP contribution in [0.15, 0.2) is 386 Å². The summed E-state index contributed by atoms with van der Waals surface area (Å²) < 4.78 is 0. The molecule has 2 aliphatic rings. The van der Waals surface area contributed by atoms with E-state index in [0.29, 0.717) is 0 Å². The van der Waals surface area contributed by atoms with Crippen molar-refractivity contribution >= 4 is 115 Å². The average Bonchev–Trinajstić information content (AvgIpc) is 1.60. The van der Waals surface area contributed by atoms with E-state index >= 15 is 0 Å². The number of hydrogen-bond acceptors (Lipinski definition) is 10. The summed E-state index contributed by atoms with van der Waals surface area (Å²) >= 11 is 0. The maximum atomic E-state index is 4.70. The molecule has 0 atom stereocenters. The second-order valence-electron chi connectivity index (χ2n) is 22.0. The van der Waals surface area contributed by atoms with Crippen LogP contribution >= 0.6 is 0 Å². The number of aromatic nitrogens is 2. The normalized spacial score (nSPS) is 11.6. The molecular weight excluding hydrogens is 1590 g/mol. The van der Waals surface area contributed by atoms with E-state index < -0.39 is 0 Å². The van der Waals surface area contributed by atoms with Crippen molar-refractivity contribution in [2.75, 3.05) is 29.4 Å². The summed E-state index contributed by atoms with van der Waals surface area (Å²) in [6, 6.07) is 129. The molecule has 16 rings (SSSR count). The zero-order valence-electron chi connectivity index (χ0n) is 54.1. The van der Waals surface area contributed by atoms with Gasteiger partial charge in [0.25, 0.3) is 0 Å². The SMILES string of the molecule is C(=Nc1ccccc1)[N-]c1ccccc1.C(=Nc1ccccc1)[N-]c1ccccc1.[Pt].[Pt].[c-]1ccc(N(c2ccccc2)c2ccccc2)cc1N1[CH-]N(c2ccccc2)c2cccnc21.[c-]1ccc(N(c2ccccc2)c2ccccc2)cc1N1[CH-]N(c2ccccc2)c2cccnc21. The molecule has 0 unspecified atom stereocenters. The van der Waals surface area contributed by atoms with Gasteiger partial charge in [-0.05, 0) is 120 Å². The van der Waals surface area contributed by atoms with E-state index in [1.807, 2.05) is 219 Å². The largest absolute Gasteiger partial charge is 0.478 e. The van der Waals surface area contributed by atoms with Gasteiger partial charge in [-0.3, -0.25) is 0 Å².